The number of hydrogen-bond acceptors (Lipinski definition) is 5. The van der Waals surface area contributed by atoms with Crippen LogP contribution in [0, 0.1) is 5.82 Å². The number of nitrogens with two attached hydrogens (primary N) is 1. The second kappa shape index (κ2) is 13.6. The average Bonchev–Trinajstić information content (AvgIpc) is 2.84. The third-order valence-corrected chi connectivity index (χ3v) is 6.80. The van der Waals surface area contributed by atoms with Crippen LogP contribution < -0.4 is 16.0 Å². The molecule has 3 N–H and O–H groups in total. The molecule has 196 valence electrons. The third kappa shape index (κ3) is 8.84. The summed E-state index contributed by atoms with van der Waals surface area (Å²) in [6, 6.07) is 9.36. The van der Waals surface area contributed by atoms with E-state index in [1.54, 1.807) is 19.1 Å². The van der Waals surface area contributed by atoms with E-state index in [4.69, 9.17) is 96.4 Å². The van der Waals surface area contributed by atoms with Crippen LogP contribution in [0.25, 0.3) is 0 Å². The number of benzene rings is 2. The number of alkyl halides is 2. The van der Waals surface area contributed by atoms with Crippen molar-refractivity contribution in [2.24, 2.45) is 5.73 Å². The lowest BCUT2D eigenvalue weighted by Gasteiger charge is -2.61. The van der Waals surface area contributed by atoms with Gasteiger partial charge in [0.1, 0.15) is 11.9 Å². The maximum Gasteiger partial charge on any atom is 0.328 e. The van der Waals surface area contributed by atoms with Gasteiger partial charge in [0.05, 0.1) is 75.4 Å². The topological polar surface area (TPSA) is 84.7 Å². The summed E-state index contributed by atoms with van der Waals surface area (Å²) >= 11 is 12.0. The second-order valence-electron chi connectivity index (χ2n) is 9.64. The van der Waals surface area contributed by atoms with Gasteiger partial charge in [-0.15, -0.1) is 23.2 Å². The quantitative estimate of drug-likeness (QED) is 0.186. The van der Waals surface area contributed by atoms with E-state index in [9.17, 15) is 14.0 Å². The molecule has 41 heavy (non-hydrogen) atoms. The predicted molar refractivity (Wildman–Crippen MR) is 168 cm³/mol. The number of carbonyl (C=O) groups is 2. The smallest absolute Gasteiger partial charge is 0.328 e. The molecule has 6 nitrogen and oxygen atoms in total. The Labute approximate surface area is 261 Å². The zero-order chi connectivity index (χ0) is 31.4. The van der Waals surface area contributed by atoms with Crippen LogP contribution in [0.4, 0.5) is 10.1 Å². The van der Waals surface area contributed by atoms with Crippen LogP contribution >= 0.6 is 23.2 Å². The summed E-state index contributed by atoms with van der Waals surface area (Å²) < 4.78 is 13.7. The molecule has 17 heteroatoms. The molecule has 1 amide bonds. The SMILES string of the molecule is [B]C([B])(Cl)C([B])([B])N(c1ccc(CC(N)C(=O)NC(Cc2ccc(F)cc2)C(=O)OCC)cc1)C([B])([B])C([B])([B])Cl. The van der Waals surface area contributed by atoms with E-state index in [0.717, 1.165) is 4.90 Å². The normalized spacial score (nSPS) is 14.1. The molecule has 0 heterocycles. The van der Waals surface area contributed by atoms with Gasteiger partial charge in [-0.3, -0.25) is 4.79 Å². The lowest BCUT2D eigenvalue weighted by Crippen LogP contribution is -2.76. The fourth-order valence-electron chi connectivity index (χ4n) is 3.77. The number of nitrogens with one attached hydrogen (secondary N) is 1. The Balaban J connectivity index is 2.25. The highest BCUT2D eigenvalue weighted by atomic mass is 35.5. The van der Waals surface area contributed by atoms with Crippen molar-refractivity contribution in [3.63, 3.8) is 0 Å². The van der Waals surface area contributed by atoms with Gasteiger partial charge >= 0.3 is 5.97 Å². The molecule has 0 saturated carbocycles. The van der Waals surface area contributed by atoms with Crippen LogP contribution in [0.15, 0.2) is 48.5 Å². The Hall–Kier alpha value is -1.83. The summed E-state index contributed by atoms with van der Waals surface area (Å²) in [7, 11) is 47.6. The molecule has 2 aromatic rings. The fraction of sp³-hybridized carbons (Fsp3) is 0.417. The number of hydrogen-bond donors (Lipinski definition) is 2. The van der Waals surface area contributed by atoms with E-state index in [1.807, 2.05) is 0 Å². The van der Waals surface area contributed by atoms with Crippen molar-refractivity contribution in [3.8, 4) is 0 Å². The molecular weight excluding hydrogens is 555 g/mol. The Bertz CT molecular complexity index is 1170. The number of halogens is 3. The van der Waals surface area contributed by atoms with Crippen molar-refractivity contribution in [1.29, 1.82) is 0 Å². The van der Waals surface area contributed by atoms with Gasteiger partial charge in [0.15, 0.2) is 0 Å². The highest BCUT2D eigenvalue weighted by Gasteiger charge is 2.48. The molecule has 2 rings (SSSR count). The van der Waals surface area contributed by atoms with Gasteiger partial charge in [-0.05, 0) is 68.8 Å². The van der Waals surface area contributed by atoms with Gasteiger partial charge in [-0.2, -0.15) is 0 Å². The number of rotatable bonds is 13. The molecule has 0 bridgehead atoms. The van der Waals surface area contributed by atoms with E-state index in [1.165, 1.54) is 36.4 Å². The second-order valence-corrected chi connectivity index (χ2v) is 10.9. The van der Waals surface area contributed by atoms with Crippen LogP contribution in [0.5, 0.6) is 0 Å². The van der Waals surface area contributed by atoms with Crippen LogP contribution in [0.3, 0.4) is 0 Å². The fourth-order valence-corrected chi connectivity index (χ4v) is 3.94. The molecule has 0 aliphatic carbocycles. The van der Waals surface area contributed by atoms with Crippen LogP contribution in [-0.2, 0) is 27.2 Å². The average molecular weight is 577 g/mol. The standard InChI is InChI=1S/C24H22B8Cl2FN3O3/c1-2-41-20(40)18(12-14-3-7-15(35)8-4-14)37-19(39)17(36)11-13-5-9-16(10-6-13)38(23(29,30)21(25,26)33)24(31,32)22(27,28)34/h3-10,17-18H,2,11-12,36H2,1H3,(H,37,39). The van der Waals surface area contributed by atoms with Crippen LogP contribution in [0.1, 0.15) is 18.1 Å². The van der Waals surface area contributed by atoms with Crippen molar-refractivity contribution >= 4 is 104 Å². The first-order valence-corrected chi connectivity index (χ1v) is 13.0. The lowest BCUT2D eigenvalue weighted by molar-refractivity contribution is -0.147. The minimum absolute atomic E-state index is 0.0332. The van der Waals surface area contributed by atoms with E-state index in [0.29, 0.717) is 11.1 Å². The maximum absolute atomic E-state index is 13.3. The van der Waals surface area contributed by atoms with Gasteiger partial charge in [0.2, 0.25) is 5.91 Å². The zero-order valence-corrected chi connectivity index (χ0v) is 23.9. The predicted octanol–water partition coefficient (Wildman–Crippen LogP) is -0.767. The zero-order valence-electron chi connectivity index (χ0n) is 22.4. The van der Waals surface area contributed by atoms with Crippen molar-refractivity contribution in [2.45, 2.75) is 51.9 Å². The monoisotopic (exact) mass is 577 g/mol. The molecule has 0 spiro atoms. The first-order chi connectivity index (χ1) is 18.7. The third-order valence-electron chi connectivity index (χ3n) is 6.20. The van der Waals surface area contributed by atoms with Crippen LogP contribution in [-0.4, -0.2) is 113 Å². The molecule has 0 aliphatic heterocycles. The van der Waals surface area contributed by atoms with Crippen molar-refractivity contribution in [1.82, 2.24) is 5.32 Å². The molecule has 2 unspecified atom stereocenters. The molecule has 0 aliphatic rings. The summed E-state index contributed by atoms with van der Waals surface area (Å²) in [4.78, 5) is 26.3. The Morgan fingerprint density at radius 2 is 1.32 bits per heavy atom. The molecular formula is C24H22B8Cl2FN3O3. The maximum atomic E-state index is 13.3. The van der Waals surface area contributed by atoms with Crippen molar-refractivity contribution < 1.29 is 18.7 Å². The minimum atomic E-state index is -2.35. The van der Waals surface area contributed by atoms with Gasteiger partial charge < -0.3 is 20.7 Å². The van der Waals surface area contributed by atoms with Gasteiger partial charge in [-0.25, -0.2) is 9.18 Å². The highest BCUT2D eigenvalue weighted by Crippen LogP contribution is 2.38. The molecule has 0 saturated heterocycles. The van der Waals surface area contributed by atoms with E-state index >= 15 is 0 Å². The van der Waals surface area contributed by atoms with Crippen LogP contribution in [0.2, 0.25) is 0 Å². The summed E-state index contributed by atoms with van der Waals surface area (Å²) in [5, 5.41) is -2.10. The minimum Gasteiger partial charge on any atom is -0.464 e. The van der Waals surface area contributed by atoms with E-state index in [-0.39, 0.29) is 25.1 Å². The molecule has 0 aromatic heterocycles. The summed E-state index contributed by atoms with van der Waals surface area (Å²) in [5.74, 6) is -1.72. The molecule has 2 atom stereocenters. The molecule has 2 aromatic carbocycles. The van der Waals surface area contributed by atoms with E-state index < -0.39 is 49.8 Å². The van der Waals surface area contributed by atoms with Crippen molar-refractivity contribution in [3.05, 3.63) is 65.5 Å². The highest BCUT2D eigenvalue weighted by molar-refractivity contribution is 6.73. The lowest BCUT2D eigenvalue weighted by atomic mass is 9.36. The number of carbonyl (C=O) groups excluding carboxylic acids is 2. The largest absolute Gasteiger partial charge is 0.464 e. The number of nitrogens with zero attached hydrogens (tertiary/aromatic N) is 1. The van der Waals surface area contributed by atoms with Gasteiger partial charge in [-0.1, -0.05) is 24.3 Å². The summed E-state index contributed by atoms with van der Waals surface area (Å²) in [6.07, 6.45) is 0.0993. The first kappa shape index (κ1) is 35.4. The Kier molecular flexibility index (Phi) is 11.8. The number of amides is 1. The van der Waals surface area contributed by atoms with Crippen molar-refractivity contribution in [2.75, 3.05) is 11.5 Å². The Morgan fingerprint density at radius 3 is 1.76 bits per heavy atom. The summed E-state index contributed by atoms with van der Waals surface area (Å²) in [6.45, 7) is 1.73. The number of esters is 1. The first-order valence-electron chi connectivity index (χ1n) is 12.3. The number of anilines is 1. The van der Waals surface area contributed by atoms with E-state index in [2.05, 4.69) is 5.32 Å². The van der Waals surface area contributed by atoms with Gasteiger partial charge in [0.25, 0.3) is 0 Å². The number of ether oxygens (including phenoxy) is 1. The molecule has 16 radical (unpaired) electrons. The van der Waals surface area contributed by atoms with Gasteiger partial charge in [0, 0.05) is 12.1 Å². The molecule has 0 fully saturated rings. The Morgan fingerprint density at radius 1 is 0.878 bits per heavy atom. The summed E-state index contributed by atoms with van der Waals surface area (Å²) in [5.41, 5.74) is 7.42.